The molecule has 2 N–H and O–H groups in total. The van der Waals surface area contributed by atoms with E-state index in [0.717, 1.165) is 55.3 Å². The summed E-state index contributed by atoms with van der Waals surface area (Å²) in [6.07, 6.45) is 8.44. The van der Waals surface area contributed by atoms with Crippen molar-refractivity contribution in [1.29, 1.82) is 0 Å². The van der Waals surface area contributed by atoms with Gasteiger partial charge in [-0.25, -0.2) is 4.98 Å². The van der Waals surface area contributed by atoms with Crippen molar-refractivity contribution in [3.05, 3.63) is 40.8 Å². The molecule has 2 heterocycles. The Morgan fingerprint density at radius 1 is 1.04 bits per heavy atom. The number of aliphatic hydroxyl groups excluding tert-OH is 1. The van der Waals surface area contributed by atoms with E-state index in [2.05, 4.69) is 10.3 Å². The molecule has 2 aliphatic rings. The number of pyridine rings is 1. The van der Waals surface area contributed by atoms with E-state index in [9.17, 15) is 9.90 Å². The molecule has 6 nitrogen and oxygen atoms in total. The number of anilines is 1. The molecule has 0 saturated heterocycles. The lowest BCUT2D eigenvalue weighted by Gasteiger charge is -2.28. The van der Waals surface area contributed by atoms with E-state index in [1.807, 2.05) is 35.0 Å². The first-order valence-electron chi connectivity index (χ1n) is 10.4. The van der Waals surface area contributed by atoms with E-state index < -0.39 is 0 Å². The summed E-state index contributed by atoms with van der Waals surface area (Å²) in [5.74, 6) is 1.44. The number of fused-ring (bicyclic) bond motifs is 3. The average Bonchev–Trinajstić information content (AvgIpc) is 3.54. The van der Waals surface area contributed by atoms with Gasteiger partial charge in [-0.1, -0.05) is 31.0 Å². The van der Waals surface area contributed by atoms with Gasteiger partial charge in [0.05, 0.1) is 6.10 Å². The summed E-state index contributed by atoms with van der Waals surface area (Å²) in [6, 6.07) is 7.77. The van der Waals surface area contributed by atoms with Gasteiger partial charge in [0.1, 0.15) is 5.65 Å². The van der Waals surface area contributed by atoms with Crippen LogP contribution in [0.5, 0.6) is 0 Å². The maximum atomic E-state index is 13.4. The Hall–Kier alpha value is -2.47. The third-order valence-electron chi connectivity index (χ3n) is 6.23. The lowest BCUT2D eigenvalue weighted by molar-refractivity contribution is 0.111. The highest BCUT2D eigenvalue weighted by Crippen LogP contribution is 2.33. The van der Waals surface area contributed by atoms with Crippen LogP contribution in [0, 0.1) is 5.92 Å². The fraction of sp³-hybridized carbons (Fsp3) is 0.500. The smallest absolute Gasteiger partial charge is 0.260 e. The maximum absolute atomic E-state index is 13.4. The third-order valence-corrected chi connectivity index (χ3v) is 6.23. The quantitative estimate of drug-likeness (QED) is 0.663. The van der Waals surface area contributed by atoms with Gasteiger partial charge in [0, 0.05) is 29.6 Å². The monoisotopic (exact) mass is 378 g/mol. The minimum Gasteiger partial charge on any atom is -0.393 e. The normalized spacial score (nSPS) is 22.6. The second-order valence-electron chi connectivity index (χ2n) is 8.27. The van der Waals surface area contributed by atoms with Crippen molar-refractivity contribution in [3.8, 4) is 0 Å². The van der Waals surface area contributed by atoms with Crippen LogP contribution in [-0.4, -0.2) is 32.3 Å². The zero-order valence-electron chi connectivity index (χ0n) is 16.0. The summed E-state index contributed by atoms with van der Waals surface area (Å²) in [7, 11) is 0. The largest absolute Gasteiger partial charge is 0.393 e. The number of nitrogens with zero attached hydrogens (tertiary/aromatic N) is 3. The zero-order valence-corrected chi connectivity index (χ0v) is 16.0. The molecule has 2 aromatic heterocycles. The highest BCUT2D eigenvalue weighted by Gasteiger charge is 2.25. The molecule has 2 aliphatic carbocycles. The van der Waals surface area contributed by atoms with Gasteiger partial charge in [-0.2, -0.15) is 4.98 Å². The van der Waals surface area contributed by atoms with Crippen LogP contribution in [0.4, 0.5) is 5.95 Å². The third kappa shape index (κ3) is 3.26. The van der Waals surface area contributed by atoms with Crippen molar-refractivity contribution in [2.24, 2.45) is 5.92 Å². The molecule has 0 aliphatic heterocycles. The van der Waals surface area contributed by atoms with Gasteiger partial charge in [-0.05, 0) is 49.5 Å². The minimum absolute atomic E-state index is 0.00659. The van der Waals surface area contributed by atoms with E-state index >= 15 is 0 Å². The molecule has 0 bridgehead atoms. The summed E-state index contributed by atoms with van der Waals surface area (Å²) >= 11 is 0. The average molecular weight is 378 g/mol. The fourth-order valence-electron chi connectivity index (χ4n) is 4.41. The van der Waals surface area contributed by atoms with Crippen LogP contribution in [0.15, 0.2) is 35.3 Å². The lowest BCUT2D eigenvalue weighted by Crippen LogP contribution is -2.30. The van der Waals surface area contributed by atoms with E-state index in [-0.39, 0.29) is 17.7 Å². The van der Waals surface area contributed by atoms with E-state index in [4.69, 9.17) is 4.98 Å². The number of aromatic nitrogens is 3. The molecule has 3 aromatic rings. The zero-order chi connectivity index (χ0) is 19.1. The number of nitrogens with one attached hydrogen (secondary N) is 1. The first-order valence-corrected chi connectivity index (χ1v) is 10.4. The molecule has 6 heteroatoms. The van der Waals surface area contributed by atoms with Crippen molar-refractivity contribution in [3.63, 3.8) is 0 Å². The van der Waals surface area contributed by atoms with Gasteiger partial charge in [0.15, 0.2) is 0 Å². The molecule has 146 valence electrons. The Balaban J connectivity index is 1.62. The van der Waals surface area contributed by atoms with Crippen molar-refractivity contribution < 1.29 is 5.11 Å². The molecule has 0 unspecified atom stereocenters. The topological polar surface area (TPSA) is 80.0 Å². The minimum atomic E-state index is -0.257. The van der Waals surface area contributed by atoms with Gasteiger partial charge in [-0.3, -0.25) is 9.36 Å². The molecule has 2 fully saturated rings. The number of aliphatic hydroxyl groups is 1. The van der Waals surface area contributed by atoms with Crippen molar-refractivity contribution in [1.82, 2.24) is 14.5 Å². The first kappa shape index (κ1) is 17.6. The Kier molecular flexibility index (Phi) is 4.51. The Morgan fingerprint density at radius 3 is 2.54 bits per heavy atom. The van der Waals surface area contributed by atoms with E-state index in [0.29, 0.717) is 17.0 Å². The molecule has 0 atom stereocenters. The van der Waals surface area contributed by atoms with Gasteiger partial charge in [-0.15, -0.1) is 0 Å². The summed E-state index contributed by atoms with van der Waals surface area (Å²) in [4.78, 5) is 22.7. The second kappa shape index (κ2) is 7.17. The maximum Gasteiger partial charge on any atom is 0.260 e. The SMILES string of the molecule is O=c1c2ccccc2c2cnc(NCCC3CC3)nc2n1[C@H]1CC[C@H](O)CC1. The van der Waals surface area contributed by atoms with Crippen LogP contribution in [0.2, 0.25) is 0 Å². The Bertz CT molecular complexity index is 1070. The van der Waals surface area contributed by atoms with Crippen molar-refractivity contribution in [2.75, 3.05) is 11.9 Å². The molecule has 28 heavy (non-hydrogen) atoms. The number of rotatable bonds is 5. The molecular formula is C22H26N4O2. The lowest BCUT2D eigenvalue weighted by atomic mass is 9.92. The summed E-state index contributed by atoms with van der Waals surface area (Å²) in [5.41, 5.74) is 0.709. The van der Waals surface area contributed by atoms with Gasteiger partial charge in [0.25, 0.3) is 5.56 Å². The first-order chi connectivity index (χ1) is 13.7. The molecule has 5 rings (SSSR count). The number of hydrogen-bond acceptors (Lipinski definition) is 5. The standard InChI is InChI=1S/C22H26N4O2/c27-16-9-7-15(8-10-16)26-20-19(17-3-1-2-4-18(17)21(26)28)13-24-22(25-20)23-12-11-14-5-6-14/h1-4,13-16,27H,5-12H2,(H,23,24,25)/t15-,16-. The molecule has 2 saturated carbocycles. The summed E-state index contributed by atoms with van der Waals surface area (Å²) < 4.78 is 1.86. The van der Waals surface area contributed by atoms with Crippen LogP contribution >= 0.6 is 0 Å². The van der Waals surface area contributed by atoms with Gasteiger partial charge >= 0.3 is 0 Å². The van der Waals surface area contributed by atoms with E-state index in [1.165, 1.54) is 12.8 Å². The summed E-state index contributed by atoms with van der Waals surface area (Å²) in [5, 5.41) is 15.8. The van der Waals surface area contributed by atoms with E-state index in [1.54, 1.807) is 0 Å². The van der Waals surface area contributed by atoms with Gasteiger partial charge < -0.3 is 10.4 Å². The van der Waals surface area contributed by atoms with Crippen molar-refractivity contribution in [2.45, 2.75) is 57.1 Å². The second-order valence-corrected chi connectivity index (χ2v) is 8.27. The number of hydrogen-bond donors (Lipinski definition) is 2. The van der Waals surface area contributed by atoms with Crippen LogP contribution in [0.3, 0.4) is 0 Å². The van der Waals surface area contributed by atoms with Crippen LogP contribution in [-0.2, 0) is 0 Å². The molecule has 1 aromatic carbocycles. The predicted molar refractivity (Wildman–Crippen MR) is 111 cm³/mol. The Morgan fingerprint density at radius 2 is 1.79 bits per heavy atom. The highest BCUT2D eigenvalue weighted by atomic mass is 16.3. The van der Waals surface area contributed by atoms with Crippen molar-refractivity contribution >= 4 is 27.8 Å². The molecular weight excluding hydrogens is 352 g/mol. The predicted octanol–water partition coefficient (Wildman–Crippen LogP) is 3.63. The molecule has 0 amide bonds. The van der Waals surface area contributed by atoms with Crippen LogP contribution in [0.1, 0.15) is 51.0 Å². The molecule has 0 spiro atoms. The highest BCUT2D eigenvalue weighted by molar-refractivity contribution is 6.04. The van der Waals surface area contributed by atoms with Crippen LogP contribution in [0.25, 0.3) is 21.8 Å². The van der Waals surface area contributed by atoms with Crippen LogP contribution < -0.4 is 10.9 Å². The fourth-order valence-corrected chi connectivity index (χ4v) is 4.41. The number of benzene rings is 1. The summed E-state index contributed by atoms with van der Waals surface area (Å²) in [6.45, 7) is 0.865. The molecule has 0 radical (unpaired) electrons. The van der Waals surface area contributed by atoms with Gasteiger partial charge in [0.2, 0.25) is 5.95 Å². The Labute approximate surface area is 163 Å².